The molecule has 0 spiro atoms. The van der Waals surface area contributed by atoms with Gasteiger partial charge in [0.15, 0.2) is 11.6 Å². The number of hydrogen-bond acceptors (Lipinski definition) is 4. The maximum atomic E-state index is 13.9. The average Bonchev–Trinajstić information content (AvgIpc) is 3.11. The molecular formula is C24H14F8N2O3. The van der Waals surface area contributed by atoms with Gasteiger partial charge in [0.2, 0.25) is 0 Å². The van der Waals surface area contributed by atoms with Crippen molar-refractivity contribution in [2.24, 2.45) is 0 Å². The Morgan fingerprint density at radius 1 is 0.730 bits per heavy atom. The Morgan fingerprint density at radius 3 is 1.78 bits per heavy atom. The smallest absolute Gasteiger partial charge is 0.406 e. The van der Waals surface area contributed by atoms with Crippen LogP contribution in [0.2, 0.25) is 0 Å². The molecule has 1 unspecified atom stereocenters. The van der Waals surface area contributed by atoms with E-state index in [2.05, 4.69) is 14.8 Å². The monoisotopic (exact) mass is 530 g/mol. The van der Waals surface area contributed by atoms with E-state index in [4.69, 9.17) is 0 Å². The van der Waals surface area contributed by atoms with E-state index >= 15 is 0 Å². The molecule has 1 aliphatic rings. The summed E-state index contributed by atoms with van der Waals surface area (Å²) in [4.78, 5) is 14.4. The van der Waals surface area contributed by atoms with E-state index in [1.54, 1.807) is 0 Å². The minimum atomic E-state index is -4.93. The van der Waals surface area contributed by atoms with Crippen LogP contribution < -0.4 is 19.7 Å². The van der Waals surface area contributed by atoms with E-state index in [9.17, 15) is 39.9 Å². The Morgan fingerprint density at radius 2 is 1.27 bits per heavy atom. The number of nitrogens with one attached hydrogen (secondary N) is 1. The molecule has 0 aliphatic carbocycles. The third-order valence-electron chi connectivity index (χ3n) is 5.05. The van der Waals surface area contributed by atoms with Crippen molar-refractivity contribution in [3.63, 3.8) is 0 Å². The number of hydrogen-bond donors (Lipinski definition) is 1. The molecule has 5 nitrogen and oxygen atoms in total. The third kappa shape index (κ3) is 6.29. The van der Waals surface area contributed by atoms with Gasteiger partial charge in [-0.15, -0.1) is 26.3 Å². The zero-order valence-corrected chi connectivity index (χ0v) is 18.2. The normalized spacial score (nSPS) is 16.0. The molecule has 1 atom stereocenters. The molecular weight excluding hydrogens is 516 g/mol. The fourth-order valence-corrected chi connectivity index (χ4v) is 3.58. The molecule has 1 heterocycles. The summed E-state index contributed by atoms with van der Waals surface area (Å²) in [6.07, 6.45) is -8.47. The van der Waals surface area contributed by atoms with E-state index in [0.29, 0.717) is 0 Å². The van der Waals surface area contributed by atoms with Gasteiger partial charge in [-0.1, -0.05) is 6.07 Å². The lowest BCUT2D eigenvalue weighted by Crippen LogP contribution is -2.30. The largest absolute Gasteiger partial charge is 0.573 e. The number of carbonyl (C=O) groups is 1. The van der Waals surface area contributed by atoms with Crippen LogP contribution in [-0.4, -0.2) is 18.6 Å². The molecule has 0 aromatic heterocycles. The van der Waals surface area contributed by atoms with Crippen molar-refractivity contribution in [3.05, 3.63) is 95.7 Å². The summed E-state index contributed by atoms with van der Waals surface area (Å²) in [7, 11) is 0. The van der Waals surface area contributed by atoms with E-state index in [0.717, 1.165) is 41.3 Å². The van der Waals surface area contributed by atoms with Crippen molar-refractivity contribution < 1.29 is 49.4 Å². The van der Waals surface area contributed by atoms with Crippen LogP contribution in [0.5, 0.6) is 11.5 Å². The summed E-state index contributed by atoms with van der Waals surface area (Å²) in [5, 5.41) is 2.74. The molecule has 1 amide bonds. The highest BCUT2D eigenvalue weighted by Crippen LogP contribution is 2.38. The quantitative estimate of drug-likeness (QED) is 0.355. The lowest BCUT2D eigenvalue weighted by Gasteiger charge is -2.25. The first kappa shape index (κ1) is 25.8. The maximum absolute atomic E-state index is 13.9. The first-order chi connectivity index (χ1) is 17.3. The third-order valence-corrected chi connectivity index (χ3v) is 5.05. The second kappa shape index (κ2) is 9.64. The second-order valence-corrected chi connectivity index (χ2v) is 7.61. The molecule has 37 heavy (non-hydrogen) atoms. The zero-order chi connectivity index (χ0) is 27.0. The molecule has 3 aromatic carbocycles. The van der Waals surface area contributed by atoms with Crippen LogP contribution in [0.1, 0.15) is 11.6 Å². The summed E-state index contributed by atoms with van der Waals surface area (Å²) >= 11 is 0. The van der Waals surface area contributed by atoms with Gasteiger partial charge in [0, 0.05) is 11.4 Å². The number of halogens is 8. The highest BCUT2D eigenvalue weighted by Gasteiger charge is 2.36. The molecule has 0 bridgehead atoms. The minimum absolute atomic E-state index is 0.0742. The van der Waals surface area contributed by atoms with Gasteiger partial charge in [-0.3, -0.25) is 9.69 Å². The molecule has 0 fully saturated rings. The van der Waals surface area contributed by atoms with Crippen LogP contribution >= 0.6 is 0 Å². The summed E-state index contributed by atoms with van der Waals surface area (Å²) in [5.74, 6) is -4.05. The van der Waals surface area contributed by atoms with Crippen molar-refractivity contribution in [2.45, 2.75) is 18.8 Å². The number of amides is 1. The average molecular weight is 530 g/mol. The molecule has 1 N–H and O–H groups in total. The summed E-state index contributed by atoms with van der Waals surface area (Å²) in [5.41, 5.74) is 0.383. The summed E-state index contributed by atoms with van der Waals surface area (Å²) in [6.45, 7) is 0. The molecule has 194 valence electrons. The van der Waals surface area contributed by atoms with Crippen LogP contribution in [0.3, 0.4) is 0 Å². The molecule has 0 saturated carbocycles. The maximum Gasteiger partial charge on any atom is 0.573 e. The molecule has 4 rings (SSSR count). The highest BCUT2D eigenvalue weighted by atomic mass is 19.4. The van der Waals surface area contributed by atoms with Gasteiger partial charge in [0.1, 0.15) is 17.2 Å². The Hall–Kier alpha value is -4.29. The SMILES string of the molecule is O=C1C(Nc2ccc(OC(F)(F)F)cc2)=CC(c2ccc(F)c(F)c2)N1c1ccc(OC(F)(F)F)cc1. The van der Waals surface area contributed by atoms with Crippen LogP contribution in [0.15, 0.2) is 78.5 Å². The van der Waals surface area contributed by atoms with E-state index in [1.165, 1.54) is 36.4 Å². The van der Waals surface area contributed by atoms with Gasteiger partial charge >= 0.3 is 12.7 Å². The van der Waals surface area contributed by atoms with Crippen LogP contribution in [0.4, 0.5) is 46.5 Å². The van der Waals surface area contributed by atoms with Gasteiger partial charge in [-0.2, -0.15) is 0 Å². The highest BCUT2D eigenvalue weighted by molar-refractivity contribution is 6.11. The molecule has 1 aliphatic heterocycles. The van der Waals surface area contributed by atoms with Crippen LogP contribution in [0.25, 0.3) is 0 Å². The number of ether oxygens (including phenoxy) is 2. The van der Waals surface area contributed by atoms with Crippen LogP contribution in [0, 0.1) is 11.6 Å². The standard InChI is InChI=1S/C24H14F8N2O3/c25-18-10-1-13(11-19(18)26)21-12-20(33-14-2-6-16(7-3-14)36-23(27,28)29)22(35)34(21)15-4-8-17(9-5-15)37-24(30,31)32/h1-12,21,33H. The Bertz CT molecular complexity index is 1320. The van der Waals surface area contributed by atoms with Gasteiger partial charge < -0.3 is 14.8 Å². The van der Waals surface area contributed by atoms with Gasteiger partial charge in [0.05, 0.1) is 6.04 Å². The van der Waals surface area contributed by atoms with Crippen molar-refractivity contribution in [3.8, 4) is 11.5 Å². The minimum Gasteiger partial charge on any atom is -0.406 e. The predicted molar refractivity (Wildman–Crippen MR) is 115 cm³/mol. The fraction of sp³-hybridized carbons (Fsp3) is 0.125. The van der Waals surface area contributed by atoms with E-state index in [1.807, 2.05) is 0 Å². The molecule has 0 saturated heterocycles. The lowest BCUT2D eigenvalue weighted by atomic mass is 10.1. The second-order valence-electron chi connectivity index (χ2n) is 7.61. The van der Waals surface area contributed by atoms with Crippen molar-refractivity contribution in [1.82, 2.24) is 0 Å². The number of rotatable bonds is 6. The fourth-order valence-electron chi connectivity index (χ4n) is 3.58. The predicted octanol–water partition coefficient (Wildman–Crippen LogP) is 6.85. The first-order valence-corrected chi connectivity index (χ1v) is 10.3. The van der Waals surface area contributed by atoms with Gasteiger partial charge in [0.25, 0.3) is 5.91 Å². The number of nitrogens with zero attached hydrogens (tertiary/aromatic N) is 1. The summed E-state index contributed by atoms with van der Waals surface area (Å²) < 4.78 is 110. The van der Waals surface area contributed by atoms with E-state index in [-0.39, 0.29) is 22.6 Å². The number of anilines is 2. The van der Waals surface area contributed by atoms with Crippen molar-refractivity contribution in [1.29, 1.82) is 0 Å². The number of alkyl halides is 6. The van der Waals surface area contributed by atoms with Gasteiger partial charge in [-0.25, -0.2) is 8.78 Å². The Balaban J connectivity index is 1.64. The lowest BCUT2D eigenvalue weighted by molar-refractivity contribution is -0.275. The van der Waals surface area contributed by atoms with Crippen LogP contribution in [-0.2, 0) is 4.79 Å². The molecule has 0 radical (unpaired) electrons. The first-order valence-electron chi connectivity index (χ1n) is 10.3. The molecule has 3 aromatic rings. The van der Waals surface area contributed by atoms with Crippen molar-refractivity contribution >= 4 is 17.3 Å². The Kier molecular flexibility index (Phi) is 6.72. The number of benzene rings is 3. The van der Waals surface area contributed by atoms with Crippen molar-refractivity contribution in [2.75, 3.05) is 10.2 Å². The zero-order valence-electron chi connectivity index (χ0n) is 18.2. The van der Waals surface area contributed by atoms with Gasteiger partial charge in [-0.05, 0) is 72.3 Å². The topological polar surface area (TPSA) is 50.8 Å². The summed E-state index contributed by atoms with van der Waals surface area (Å²) in [6, 6.07) is 10.7. The molecule has 13 heteroatoms. The van der Waals surface area contributed by atoms with E-state index < -0.39 is 47.8 Å². The number of carbonyl (C=O) groups excluding carboxylic acids is 1. The Labute approximate surface area is 203 Å².